The maximum absolute atomic E-state index is 10.7. The predicted molar refractivity (Wildman–Crippen MR) is 32.4 cm³/mol. The number of H-pyrrole nitrogens is 1. The van der Waals surface area contributed by atoms with Crippen LogP contribution in [0.1, 0.15) is 5.56 Å². The van der Waals surface area contributed by atoms with Crippen molar-refractivity contribution in [3.8, 4) is 5.88 Å². The van der Waals surface area contributed by atoms with Gasteiger partial charge in [-0.2, -0.15) is 0 Å². The zero-order valence-electron chi connectivity index (χ0n) is 5.03. The molecule has 5 heteroatoms. The Hall–Kier alpha value is -1.36. The number of rotatable bonds is 1. The fourth-order valence-electron chi connectivity index (χ4n) is 0.561. The first-order valence-electron chi connectivity index (χ1n) is 2.62. The number of hydrogen-bond acceptors (Lipinski definition) is 4. The smallest absolute Gasteiger partial charge is 0.260 e. The Morgan fingerprint density at radius 3 is 2.80 bits per heavy atom. The van der Waals surface area contributed by atoms with Gasteiger partial charge >= 0.3 is 0 Å². The van der Waals surface area contributed by atoms with E-state index in [1.54, 1.807) is 0 Å². The highest BCUT2D eigenvalue weighted by molar-refractivity contribution is 5.18. The van der Waals surface area contributed by atoms with Crippen LogP contribution in [0, 0.1) is 0 Å². The standard InChI is InChI=1S/C5H6N2O3/c8-1-3-4(9)6-2-7-5(3)10/h2,8H,1H2,(H2,6,7,9,10). The summed E-state index contributed by atoms with van der Waals surface area (Å²) in [7, 11) is 0. The topological polar surface area (TPSA) is 86.2 Å². The lowest BCUT2D eigenvalue weighted by Crippen LogP contribution is -2.12. The monoisotopic (exact) mass is 142 g/mol. The molecule has 1 aromatic heterocycles. The summed E-state index contributed by atoms with van der Waals surface area (Å²) < 4.78 is 0. The van der Waals surface area contributed by atoms with Gasteiger partial charge in [-0.1, -0.05) is 0 Å². The fraction of sp³-hybridized carbons (Fsp3) is 0.200. The van der Waals surface area contributed by atoms with Gasteiger partial charge in [-0.05, 0) is 0 Å². The van der Waals surface area contributed by atoms with Gasteiger partial charge < -0.3 is 15.2 Å². The number of nitrogens with one attached hydrogen (secondary N) is 1. The number of hydrogen-bond donors (Lipinski definition) is 3. The van der Waals surface area contributed by atoms with Gasteiger partial charge in [0.15, 0.2) is 0 Å². The summed E-state index contributed by atoms with van der Waals surface area (Å²) in [5.41, 5.74) is -0.627. The highest BCUT2D eigenvalue weighted by Crippen LogP contribution is 2.04. The zero-order chi connectivity index (χ0) is 7.56. The number of nitrogens with zero attached hydrogens (tertiary/aromatic N) is 1. The molecule has 1 aromatic rings. The van der Waals surface area contributed by atoms with Crippen molar-refractivity contribution in [2.45, 2.75) is 6.61 Å². The third kappa shape index (κ3) is 0.985. The molecule has 0 amide bonds. The highest BCUT2D eigenvalue weighted by Gasteiger charge is 2.03. The van der Waals surface area contributed by atoms with Crippen LogP contribution in [0.3, 0.4) is 0 Å². The third-order valence-electron chi connectivity index (χ3n) is 1.08. The van der Waals surface area contributed by atoms with Crippen LogP contribution in [0.25, 0.3) is 0 Å². The first-order chi connectivity index (χ1) is 4.75. The molecule has 0 aliphatic heterocycles. The average molecular weight is 142 g/mol. The van der Waals surface area contributed by atoms with E-state index in [1.807, 2.05) is 0 Å². The minimum absolute atomic E-state index is 0.109. The molecule has 1 heterocycles. The largest absolute Gasteiger partial charge is 0.493 e. The van der Waals surface area contributed by atoms with Crippen LogP contribution in [-0.2, 0) is 6.61 Å². The molecule has 5 nitrogen and oxygen atoms in total. The number of aromatic amines is 1. The maximum Gasteiger partial charge on any atom is 0.260 e. The van der Waals surface area contributed by atoms with E-state index in [-0.39, 0.29) is 5.56 Å². The summed E-state index contributed by atoms with van der Waals surface area (Å²) in [4.78, 5) is 16.2. The lowest BCUT2D eigenvalue weighted by molar-refractivity contribution is 0.271. The first-order valence-corrected chi connectivity index (χ1v) is 2.62. The second-order valence-electron chi connectivity index (χ2n) is 1.69. The number of aromatic hydroxyl groups is 1. The van der Waals surface area contributed by atoms with Crippen LogP contribution in [0.15, 0.2) is 11.1 Å². The van der Waals surface area contributed by atoms with Gasteiger partial charge in [0.2, 0.25) is 5.88 Å². The Labute approximate surface area is 56.0 Å². The normalized spacial score (nSPS) is 9.70. The molecule has 0 saturated heterocycles. The molecule has 0 unspecified atom stereocenters. The summed E-state index contributed by atoms with van der Waals surface area (Å²) in [6, 6.07) is 0. The first kappa shape index (κ1) is 6.76. The summed E-state index contributed by atoms with van der Waals surface area (Å²) in [6.07, 6.45) is 1.07. The second-order valence-corrected chi connectivity index (χ2v) is 1.69. The quantitative estimate of drug-likeness (QED) is 0.467. The van der Waals surface area contributed by atoms with E-state index in [1.165, 1.54) is 0 Å². The van der Waals surface area contributed by atoms with Gasteiger partial charge in [-0.25, -0.2) is 4.98 Å². The lowest BCUT2D eigenvalue weighted by atomic mass is 10.3. The van der Waals surface area contributed by atoms with Gasteiger partial charge in [-0.3, -0.25) is 4.79 Å². The van der Waals surface area contributed by atoms with Gasteiger partial charge in [0.05, 0.1) is 12.9 Å². The highest BCUT2D eigenvalue weighted by atomic mass is 16.3. The van der Waals surface area contributed by atoms with Gasteiger partial charge in [0, 0.05) is 0 Å². The molecule has 0 atom stereocenters. The second kappa shape index (κ2) is 2.49. The molecular formula is C5H6N2O3. The van der Waals surface area contributed by atoms with Crippen molar-refractivity contribution in [2.24, 2.45) is 0 Å². The van der Waals surface area contributed by atoms with E-state index in [0.717, 1.165) is 6.33 Å². The molecular weight excluding hydrogens is 136 g/mol. The van der Waals surface area contributed by atoms with Crippen molar-refractivity contribution in [1.82, 2.24) is 9.97 Å². The average Bonchev–Trinajstić information content (AvgIpc) is 1.88. The molecule has 0 radical (unpaired) electrons. The third-order valence-corrected chi connectivity index (χ3v) is 1.08. The summed E-state index contributed by atoms with van der Waals surface area (Å²) in [5.74, 6) is -0.425. The summed E-state index contributed by atoms with van der Waals surface area (Å²) in [6.45, 7) is -0.505. The van der Waals surface area contributed by atoms with Gasteiger partial charge in [0.1, 0.15) is 5.56 Å². The van der Waals surface area contributed by atoms with Crippen molar-refractivity contribution in [3.63, 3.8) is 0 Å². The van der Waals surface area contributed by atoms with Crippen molar-refractivity contribution in [2.75, 3.05) is 0 Å². The molecule has 0 fully saturated rings. The number of aromatic nitrogens is 2. The summed E-state index contributed by atoms with van der Waals surface area (Å²) in [5, 5.41) is 17.3. The van der Waals surface area contributed by atoms with Crippen LogP contribution in [0.2, 0.25) is 0 Å². The van der Waals surface area contributed by atoms with Gasteiger partial charge in [-0.15, -0.1) is 0 Å². The van der Waals surface area contributed by atoms with Crippen molar-refractivity contribution >= 4 is 0 Å². The lowest BCUT2D eigenvalue weighted by Gasteiger charge is -1.94. The molecule has 0 aliphatic carbocycles. The van der Waals surface area contributed by atoms with Crippen LogP contribution < -0.4 is 5.56 Å². The van der Waals surface area contributed by atoms with E-state index in [0.29, 0.717) is 0 Å². The van der Waals surface area contributed by atoms with Crippen LogP contribution in [0.4, 0.5) is 0 Å². The van der Waals surface area contributed by atoms with E-state index < -0.39 is 18.0 Å². The molecule has 0 bridgehead atoms. The molecule has 0 aliphatic rings. The van der Waals surface area contributed by atoms with Crippen LogP contribution in [-0.4, -0.2) is 20.2 Å². The van der Waals surface area contributed by atoms with Crippen molar-refractivity contribution in [3.05, 3.63) is 22.2 Å². The van der Waals surface area contributed by atoms with Crippen molar-refractivity contribution in [1.29, 1.82) is 0 Å². The summed E-state index contributed by atoms with van der Waals surface area (Å²) >= 11 is 0. The molecule has 54 valence electrons. The number of aliphatic hydroxyl groups excluding tert-OH is 1. The Morgan fingerprint density at radius 1 is 1.70 bits per heavy atom. The molecule has 1 rings (SSSR count). The SMILES string of the molecule is O=c1[nH]cnc(O)c1CO. The minimum Gasteiger partial charge on any atom is -0.493 e. The van der Waals surface area contributed by atoms with Crippen LogP contribution in [0.5, 0.6) is 5.88 Å². The maximum atomic E-state index is 10.7. The van der Waals surface area contributed by atoms with Crippen LogP contribution >= 0.6 is 0 Å². The van der Waals surface area contributed by atoms with E-state index >= 15 is 0 Å². The van der Waals surface area contributed by atoms with Gasteiger partial charge in [0.25, 0.3) is 5.56 Å². The predicted octanol–water partition coefficient (Wildman–Crippen LogP) is -1.03. The van der Waals surface area contributed by atoms with Crippen molar-refractivity contribution < 1.29 is 10.2 Å². The molecule has 0 spiro atoms. The van der Waals surface area contributed by atoms with E-state index in [9.17, 15) is 4.79 Å². The Kier molecular flexibility index (Phi) is 1.68. The Balaban J connectivity index is 3.31. The van der Waals surface area contributed by atoms with E-state index in [4.69, 9.17) is 10.2 Å². The van der Waals surface area contributed by atoms with E-state index in [2.05, 4.69) is 9.97 Å². The molecule has 0 saturated carbocycles. The fourth-order valence-corrected chi connectivity index (χ4v) is 0.561. The molecule has 3 N–H and O–H groups in total. The Morgan fingerprint density at radius 2 is 2.40 bits per heavy atom. The minimum atomic E-state index is -0.519. The molecule has 10 heavy (non-hydrogen) atoms. The molecule has 0 aromatic carbocycles. The zero-order valence-corrected chi connectivity index (χ0v) is 5.03. The number of aliphatic hydroxyl groups is 1. The Bertz CT molecular complexity index is 280.